The Labute approximate surface area is 120 Å². The standard InChI is InChI=1S/C14H24N4O2/c1-11-9-16-13(12(2)14(11)18(19)20)10-15-7-5-6-8-17(3)4/h9,15H,5-8,10H2,1-4H3. The second kappa shape index (κ2) is 7.91. The first-order valence-corrected chi connectivity index (χ1v) is 6.88. The van der Waals surface area contributed by atoms with Gasteiger partial charge in [-0.3, -0.25) is 15.1 Å². The Morgan fingerprint density at radius 1 is 1.35 bits per heavy atom. The minimum atomic E-state index is -0.326. The molecule has 0 radical (unpaired) electrons. The predicted molar refractivity (Wildman–Crippen MR) is 79.9 cm³/mol. The van der Waals surface area contributed by atoms with E-state index < -0.39 is 0 Å². The van der Waals surface area contributed by atoms with Crippen molar-refractivity contribution in [3.63, 3.8) is 0 Å². The maximum absolute atomic E-state index is 11.0. The lowest BCUT2D eigenvalue weighted by molar-refractivity contribution is -0.386. The average molecular weight is 280 g/mol. The molecular formula is C14H24N4O2. The zero-order valence-corrected chi connectivity index (χ0v) is 12.8. The zero-order chi connectivity index (χ0) is 15.1. The number of aryl methyl sites for hydroxylation is 1. The lowest BCUT2D eigenvalue weighted by atomic mass is 10.1. The molecule has 1 heterocycles. The lowest BCUT2D eigenvalue weighted by Gasteiger charge is -2.10. The molecule has 0 aromatic carbocycles. The largest absolute Gasteiger partial charge is 0.311 e. The van der Waals surface area contributed by atoms with Crippen molar-refractivity contribution in [1.29, 1.82) is 0 Å². The summed E-state index contributed by atoms with van der Waals surface area (Å²) in [5.74, 6) is 0. The lowest BCUT2D eigenvalue weighted by Crippen LogP contribution is -2.19. The molecule has 0 aliphatic heterocycles. The Balaban J connectivity index is 2.49. The molecule has 0 bridgehead atoms. The van der Waals surface area contributed by atoms with Crippen LogP contribution in [0.5, 0.6) is 0 Å². The van der Waals surface area contributed by atoms with E-state index in [0.717, 1.165) is 31.6 Å². The fourth-order valence-corrected chi connectivity index (χ4v) is 2.11. The molecule has 0 aliphatic rings. The normalized spacial score (nSPS) is 11.1. The molecule has 6 nitrogen and oxygen atoms in total. The summed E-state index contributed by atoms with van der Waals surface area (Å²) in [6, 6.07) is 0. The van der Waals surface area contributed by atoms with E-state index in [-0.39, 0.29) is 10.6 Å². The highest BCUT2D eigenvalue weighted by molar-refractivity contribution is 5.47. The molecule has 1 aromatic rings. The van der Waals surface area contributed by atoms with Crippen LogP contribution in [0.4, 0.5) is 5.69 Å². The maximum Gasteiger partial charge on any atom is 0.278 e. The van der Waals surface area contributed by atoms with Crippen molar-refractivity contribution in [1.82, 2.24) is 15.2 Å². The first-order valence-electron chi connectivity index (χ1n) is 6.88. The van der Waals surface area contributed by atoms with E-state index >= 15 is 0 Å². The van der Waals surface area contributed by atoms with Crippen LogP contribution in [0.3, 0.4) is 0 Å². The second-order valence-corrected chi connectivity index (χ2v) is 5.31. The summed E-state index contributed by atoms with van der Waals surface area (Å²) in [7, 11) is 4.12. The van der Waals surface area contributed by atoms with Gasteiger partial charge in [-0.25, -0.2) is 0 Å². The first-order chi connectivity index (χ1) is 9.43. The van der Waals surface area contributed by atoms with E-state index in [1.165, 1.54) is 0 Å². The fourth-order valence-electron chi connectivity index (χ4n) is 2.11. The first kappa shape index (κ1) is 16.5. The second-order valence-electron chi connectivity index (χ2n) is 5.31. The van der Waals surface area contributed by atoms with Crippen molar-refractivity contribution in [2.75, 3.05) is 27.2 Å². The van der Waals surface area contributed by atoms with Gasteiger partial charge in [0.1, 0.15) is 0 Å². The quantitative estimate of drug-likeness (QED) is 0.448. The van der Waals surface area contributed by atoms with Crippen molar-refractivity contribution in [3.8, 4) is 0 Å². The Morgan fingerprint density at radius 3 is 2.65 bits per heavy atom. The van der Waals surface area contributed by atoms with Crippen molar-refractivity contribution in [2.45, 2.75) is 33.2 Å². The topological polar surface area (TPSA) is 71.3 Å². The van der Waals surface area contributed by atoms with Gasteiger partial charge in [-0.2, -0.15) is 0 Å². The molecule has 0 unspecified atom stereocenters. The minimum Gasteiger partial charge on any atom is -0.311 e. The Kier molecular flexibility index (Phi) is 6.54. The van der Waals surface area contributed by atoms with E-state index in [9.17, 15) is 10.1 Å². The van der Waals surface area contributed by atoms with Crippen LogP contribution in [0.25, 0.3) is 0 Å². The van der Waals surface area contributed by atoms with E-state index in [2.05, 4.69) is 29.3 Å². The van der Waals surface area contributed by atoms with E-state index in [4.69, 9.17) is 0 Å². The molecule has 1 N–H and O–H groups in total. The molecule has 0 fully saturated rings. The molecule has 0 saturated heterocycles. The molecule has 20 heavy (non-hydrogen) atoms. The third-order valence-electron chi connectivity index (χ3n) is 3.26. The van der Waals surface area contributed by atoms with Crippen LogP contribution in [-0.4, -0.2) is 42.0 Å². The zero-order valence-electron chi connectivity index (χ0n) is 12.8. The maximum atomic E-state index is 11.0. The van der Waals surface area contributed by atoms with Crippen molar-refractivity contribution in [3.05, 3.63) is 33.1 Å². The van der Waals surface area contributed by atoms with Crippen LogP contribution in [0.2, 0.25) is 0 Å². The van der Waals surface area contributed by atoms with Gasteiger partial charge in [-0.15, -0.1) is 0 Å². The summed E-state index contributed by atoms with van der Waals surface area (Å²) in [6.45, 7) is 6.04. The Morgan fingerprint density at radius 2 is 2.05 bits per heavy atom. The number of nitro groups is 1. The average Bonchev–Trinajstić information content (AvgIpc) is 2.35. The monoisotopic (exact) mass is 280 g/mol. The molecular weight excluding hydrogens is 256 g/mol. The molecule has 6 heteroatoms. The highest BCUT2D eigenvalue weighted by Gasteiger charge is 2.18. The molecule has 0 atom stereocenters. The van der Waals surface area contributed by atoms with Crippen molar-refractivity contribution in [2.24, 2.45) is 0 Å². The summed E-state index contributed by atoms with van der Waals surface area (Å²) in [4.78, 5) is 17.2. The smallest absolute Gasteiger partial charge is 0.278 e. The molecule has 0 spiro atoms. The van der Waals surface area contributed by atoms with E-state index in [1.807, 2.05) is 0 Å². The Bertz CT molecular complexity index is 461. The third-order valence-corrected chi connectivity index (χ3v) is 3.26. The summed E-state index contributed by atoms with van der Waals surface area (Å²) in [6.07, 6.45) is 3.81. The van der Waals surface area contributed by atoms with Gasteiger partial charge in [0.25, 0.3) is 5.69 Å². The number of aromatic nitrogens is 1. The predicted octanol–water partition coefficient (Wildman–Crippen LogP) is 2.04. The fraction of sp³-hybridized carbons (Fsp3) is 0.643. The van der Waals surface area contributed by atoms with Crippen LogP contribution in [0.15, 0.2) is 6.20 Å². The van der Waals surface area contributed by atoms with Gasteiger partial charge in [0.2, 0.25) is 0 Å². The third kappa shape index (κ3) is 4.86. The van der Waals surface area contributed by atoms with Crippen molar-refractivity contribution >= 4 is 5.69 Å². The van der Waals surface area contributed by atoms with Crippen LogP contribution >= 0.6 is 0 Å². The molecule has 112 valence electrons. The Hall–Kier alpha value is -1.53. The van der Waals surface area contributed by atoms with Gasteiger partial charge in [0.15, 0.2) is 0 Å². The number of rotatable bonds is 8. The van der Waals surface area contributed by atoms with E-state index in [0.29, 0.717) is 17.7 Å². The van der Waals surface area contributed by atoms with Gasteiger partial charge >= 0.3 is 0 Å². The van der Waals surface area contributed by atoms with Gasteiger partial charge in [0.05, 0.1) is 10.6 Å². The number of nitrogens with one attached hydrogen (secondary N) is 1. The summed E-state index contributed by atoms with van der Waals surface area (Å²) in [5.41, 5.74) is 2.22. The number of hydrogen-bond acceptors (Lipinski definition) is 5. The molecule has 0 aliphatic carbocycles. The number of hydrogen-bond donors (Lipinski definition) is 1. The van der Waals surface area contributed by atoms with Gasteiger partial charge in [-0.1, -0.05) is 0 Å². The highest BCUT2D eigenvalue weighted by atomic mass is 16.6. The molecule has 1 aromatic heterocycles. The molecule has 1 rings (SSSR count). The van der Waals surface area contributed by atoms with E-state index in [1.54, 1.807) is 20.0 Å². The van der Waals surface area contributed by atoms with Gasteiger partial charge in [-0.05, 0) is 53.9 Å². The molecule has 0 saturated carbocycles. The number of pyridine rings is 1. The van der Waals surface area contributed by atoms with Crippen LogP contribution in [-0.2, 0) is 6.54 Å². The SMILES string of the molecule is Cc1cnc(CNCCCCN(C)C)c(C)c1[N+](=O)[O-]. The van der Waals surface area contributed by atoms with Crippen LogP contribution < -0.4 is 5.32 Å². The van der Waals surface area contributed by atoms with Gasteiger partial charge < -0.3 is 10.2 Å². The summed E-state index contributed by atoms with van der Waals surface area (Å²) < 4.78 is 0. The van der Waals surface area contributed by atoms with Crippen LogP contribution in [0.1, 0.15) is 29.7 Å². The summed E-state index contributed by atoms with van der Waals surface area (Å²) in [5, 5.41) is 14.3. The summed E-state index contributed by atoms with van der Waals surface area (Å²) >= 11 is 0. The van der Waals surface area contributed by atoms with Gasteiger partial charge in [0, 0.05) is 23.9 Å². The molecule has 0 amide bonds. The minimum absolute atomic E-state index is 0.185. The highest BCUT2D eigenvalue weighted by Crippen LogP contribution is 2.23. The number of unbranched alkanes of at least 4 members (excludes halogenated alkanes) is 1. The van der Waals surface area contributed by atoms with Crippen molar-refractivity contribution < 1.29 is 4.92 Å². The van der Waals surface area contributed by atoms with Crippen LogP contribution in [0, 0.1) is 24.0 Å². The number of nitrogens with zero attached hydrogens (tertiary/aromatic N) is 3.